The van der Waals surface area contributed by atoms with Gasteiger partial charge in [-0.1, -0.05) is 0 Å². The number of nitrogen functional groups attached to an aromatic ring is 1. The van der Waals surface area contributed by atoms with E-state index in [0.29, 0.717) is 5.69 Å². The third kappa shape index (κ3) is 4.30. The Balaban J connectivity index is 2.26. The highest BCUT2D eigenvalue weighted by molar-refractivity contribution is 5.50. The van der Waals surface area contributed by atoms with Crippen LogP contribution in [-0.2, 0) is 0 Å². The third-order valence-electron chi connectivity index (χ3n) is 2.33. The van der Waals surface area contributed by atoms with Crippen LogP contribution in [0.1, 0.15) is 20.8 Å². The normalized spacial score (nSPS) is 11.3. The van der Waals surface area contributed by atoms with Crippen molar-refractivity contribution in [1.29, 1.82) is 0 Å². The number of rotatable bonds is 3. The molecule has 4 nitrogen and oxygen atoms in total. The van der Waals surface area contributed by atoms with Gasteiger partial charge >= 0.3 is 0 Å². The maximum absolute atomic E-state index is 13.1. The Morgan fingerprint density at radius 2 is 1.67 bits per heavy atom. The maximum Gasteiger partial charge on any atom is 0.241 e. The van der Waals surface area contributed by atoms with Crippen molar-refractivity contribution >= 4 is 5.69 Å². The highest BCUT2D eigenvalue weighted by Gasteiger charge is 2.16. The van der Waals surface area contributed by atoms with Gasteiger partial charge in [-0.15, -0.1) is 0 Å². The van der Waals surface area contributed by atoms with Crippen molar-refractivity contribution in [2.24, 2.45) is 0 Å². The molecule has 0 spiro atoms. The molecule has 0 saturated heterocycles. The summed E-state index contributed by atoms with van der Waals surface area (Å²) in [6, 6.07) is 5.93. The van der Waals surface area contributed by atoms with Crippen LogP contribution in [0.15, 0.2) is 30.3 Å². The van der Waals surface area contributed by atoms with E-state index in [1.165, 1.54) is 6.07 Å². The lowest BCUT2D eigenvalue weighted by atomic mass is 10.2. The molecule has 2 aromatic rings. The summed E-state index contributed by atoms with van der Waals surface area (Å²) in [7, 11) is 0. The first kappa shape index (κ1) is 15.0. The minimum atomic E-state index is -0.730. The monoisotopic (exact) mass is 294 g/mol. The topological polar surface area (TPSA) is 57.4 Å². The van der Waals surface area contributed by atoms with E-state index in [1.54, 1.807) is 6.07 Å². The largest absolute Gasteiger partial charge is 0.470 e. The Labute approximate surface area is 121 Å². The summed E-state index contributed by atoms with van der Waals surface area (Å²) in [5, 5.41) is 0. The van der Waals surface area contributed by atoms with Crippen molar-refractivity contribution < 1.29 is 18.3 Å². The predicted molar refractivity (Wildman–Crippen MR) is 75.5 cm³/mol. The molecule has 0 saturated carbocycles. The number of pyridine rings is 1. The molecule has 1 aromatic heterocycles. The van der Waals surface area contributed by atoms with Crippen molar-refractivity contribution in [1.82, 2.24) is 4.98 Å². The van der Waals surface area contributed by atoms with Gasteiger partial charge < -0.3 is 15.2 Å². The molecule has 0 radical (unpaired) electrons. The Morgan fingerprint density at radius 1 is 1.05 bits per heavy atom. The van der Waals surface area contributed by atoms with Crippen LogP contribution in [0.3, 0.4) is 0 Å². The molecular formula is C15H16F2N2O2. The van der Waals surface area contributed by atoms with E-state index in [1.807, 2.05) is 20.8 Å². The number of hydrogen-bond donors (Lipinski definition) is 1. The number of anilines is 1. The third-order valence-corrected chi connectivity index (χ3v) is 2.33. The number of ether oxygens (including phenoxy) is 2. The van der Waals surface area contributed by atoms with E-state index in [2.05, 4.69) is 4.98 Å². The van der Waals surface area contributed by atoms with Gasteiger partial charge in [0.25, 0.3) is 0 Å². The Kier molecular flexibility index (Phi) is 3.97. The zero-order valence-corrected chi connectivity index (χ0v) is 12.0. The first-order valence-corrected chi connectivity index (χ1v) is 6.32. The zero-order chi connectivity index (χ0) is 15.6. The number of aromatic nitrogens is 1. The Bertz CT molecular complexity index is 634. The van der Waals surface area contributed by atoms with Crippen LogP contribution >= 0.6 is 0 Å². The molecule has 0 atom stereocenters. The average molecular weight is 294 g/mol. The van der Waals surface area contributed by atoms with Gasteiger partial charge in [0.05, 0.1) is 5.69 Å². The summed E-state index contributed by atoms with van der Waals surface area (Å²) < 4.78 is 37.1. The van der Waals surface area contributed by atoms with Crippen molar-refractivity contribution in [3.05, 3.63) is 42.0 Å². The van der Waals surface area contributed by atoms with Crippen molar-refractivity contribution in [3.63, 3.8) is 0 Å². The molecule has 112 valence electrons. The summed E-state index contributed by atoms with van der Waals surface area (Å²) in [6.45, 7) is 5.55. The quantitative estimate of drug-likeness (QED) is 0.932. The van der Waals surface area contributed by atoms with Gasteiger partial charge in [-0.3, -0.25) is 0 Å². The average Bonchev–Trinajstić information content (AvgIpc) is 2.30. The molecule has 6 heteroatoms. The minimum Gasteiger partial charge on any atom is -0.470 e. The fourth-order valence-corrected chi connectivity index (χ4v) is 1.57. The van der Waals surface area contributed by atoms with E-state index in [4.69, 9.17) is 15.2 Å². The highest BCUT2D eigenvalue weighted by atomic mass is 19.1. The number of hydrogen-bond acceptors (Lipinski definition) is 4. The molecular weight excluding hydrogens is 278 g/mol. The molecule has 0 aliphatic carbocycles. The summed E-state index contributed by atoms with van der Waals surface area (Å²) >= 11 is 0. The van der Waals surface area contributed by atoms with Gasteiger partial charge in [0.1, 0.15) is 23.0 Å². The second-order valence-corrected chi connectivity index (χ2v) is 5.47. The van der Waals surface area contributed by atoms with Gasteiger partial charge in [0, 0.05) is 24.3 Å². The second-order valence-electron chi connectivity index (χ2n) is 5.47. The summed E-state index contributed by atoms with van der Waals surface area (Å²) in [5.74, 6) is -1.12. The van der Waals surface area contributed by atoms with Gasteiger partial charge in [0.2, 0.25) is 11.8 Å². The lowest BCUT2D eigenvalue weighted by Crippen LogP contribution is -2.24. The lowest BCUT2D eigenvalue weighted by molar-refractivity contribution is 0.124. The van der Waals surface area contributed by atoms with Crippen LogP contribution in [0.2, 0.25) is 0 Å². The van der Waals surface area contributed by atoms with Gasteiger partial charge in [-0.05, 0) is 26.8 Å². The lowest BCUT2D eigenvalue weighted by Gasteiger charge is -2.21. The van der Waals surface area contributed by atoms with Gasteiger partial charge in [0.15, 0.2) is 0 Å². The SMILES string of the molecule is CC(C)(C)Oc1nc(Oc2cc(F)cc(F)c2)ccc1N. The molecule has 2 N–H and O–H groups in total. The molecule has 0 unspecified atom stereocenters. The van der Waals surface area contributed by atoms with E-state index in [9.17, 15) is 8.78 Å². The van der Waals surface area contributed by atoms with Crippen molar-refractivity contribution in [3.8, 4) is 17.5 Å². The molecule has 0 aliphatic rings. The summed E-state index contributed by atoms with van der Waals surface area (Å²) in [4.78, 5) is 4.10. The summed E-state index contributed by atoms with van der Waals surface area (Å²) in [6.07, 6.45) is 0. The number of halogens is 2. The maximum atomic E-state index is 13.1. The molecule has 0 bridgehead atoms. The Morgan fingerprint density at radius 3 is 2.24 bits per heavy atom. The van der Waals surface area contributed by atoms with E-state index in [-0.39, 0.29) is 17.5 Å². The Hall–Kier alpha value is -2.37. The second kappa shape index (κ2) is 5.55. The van der Waals surface area contributed by atoms with Crippen molar-refractivity contribution in [2.45, 2.75) is 26.4 Å². The zero-order valence-electron chi connectivity index (χ0n) is 12.0. The summed E-state index contributed by atoms with van der Waals surface area (Å²) in [5.41, 5.74) is 5.64. The van der Waals surface area contributed by atoms with Gasteiger partial charge in [-0.2, -0.15) is 4.98 Å². The number of nitrogens with two attached hydrogens (primary N) is 1. The van der Waals surface area contributed by atoms with E-state index >= 15 is 0 Å². The molecule has 21 heavy (non-hydrogen) atoms. The van der Waals surface area contributed by atoms with E-state index in [0.717, 1.165) is 18.2 Å². The molecule has 1 heterocycles. The highest BCUT2D eigenvalue weighted by Crippen LogP contribution is 2.28. The smallest absolute Gasteiger partial charge is 0.241 e. The van der Waals surface area contributed by atoms with Crippen LogP contribution in [0.5, 0.6) is 17.5 Å². The standard InChI is InChI=1S/C15H16F2N2O2/c1-15(2,3)21-14-12(18)4-5-13(19-14)20-11-7-9(16)6-10(17)8-11/h4-8H,18H2,1-3H3. The number of benzene rings is 1. The number of nitrogens with zero attached hydrogens (tertiary/aromatic N) is 1. The van der Waals surface area contributed by atoms with Crippen LogP contribution < -0.4 is 15.2 Å². The van der Waals surface area contributed by atoms with E-state index < -0.39 is 17.2 Å². The minimum absolute atomic E-state index is 0.00600. The van der Waals surface area contributed by atoms with Crippen LogP contribution in [0, 0.1) is 11.6 Å². The van der Waals surface area contributed by atoms with Crippen molar-refractivity contribution in [2.75, 3.05) is 5.73 Å². The van der Waals surface area contributed by atoms with Gasteiger partial charge in [-0.25, -0.2) is 8.78 Å². The van der Waals surface area contributed by atoms with Crippen LogP contribution in [0.4, 0.5) is 14.5 Å². The molecule has 1 aromatic carbocycles. The molecule has 2 rings (SSSR count). The predicted octanol–water partition coefficient (Wildman–Crippen LogP) is 3.91. The van der Waals surface area contributed by atoms with Crippen LogP contribution in [0.25, 0.3) is 0 Å². The first-order valence-electron chi connectivity index (χ1n) is 6.32. The molecule has 0 fully saturated rings. The molecule has 0 amide bonds. The van der Waals surface area contributed by atoms with Crippen LogP contribution in [-0.4, -0.2) is 10.6 Å². The first-order chi connectivity index (χ1) is 9.73. The molecule has 0 aliphatic heterocycles. The fourth-order valence-electron chi connectivity index (χ4n) is 1.57. The fraction of sp³-hybridized carbons (Fsp3) is 0.267.